The molecule has 6 heteroatoms. The molecule has 0 spiro atoms. The minimum absolute atomic E-state index is 0.00220. The van der Waals surface area contributed by atoms with Gasteiger partial charge >= 0.3 is 5.97 Å². The van der Waals surface area contributed by atoms with Crippen LogP contribution in [0, 0.1) is 0 Å². The molecular formula is C14H27N3O3. The molecule has 1 amide bonds. The van der Waals surface area contributed by atoms with E-state index in [1.165, 1.54) is 0 Å². The molecule has 0 saturated carbocycles. The second-order valence-electron chi connectivity index (χ2n) is 5.30. The summed E-state index contributed by atoms with van der Waals surface area (Å²) in [5.74, 6) is -0.816. The Labute approximate surface area is 120 Å². The van der Waals surface area contributed by atoms with E-state index in [-0.39, 0.29) is 12.3 Å². The minimum Gasteiger partial charge on any atom is -0.481 e. The Morgan fingerprint density at radius 2 is 2.05 bits per heavy atom. The van der Waals surface area contributed by atoms with Crippen LogP contribution in [-0.4, -0.2) is 60.6 Å². The van der Waals surface area contributed by atoms with E-state index in [0.29, 0.717) is 25.6 Å². The van der Waals surface area contributed by atoms with Crippen molar-refractivity contribution in [3.8, 4) is 0 Å². The van der Waals surface area contributed by atoms with Crippen molar-refractivity contribution in [2.45, 2.75) is 45.1 Å². The zero-order valence-electron chi connectivity index (χ0n) is 12.4. The van der Waals surface area contributed by atoms with Gasteiger partial charge in [0, 0.05) is 19.0 Å². The molecule has 0 bridgehead atoms. The van der Waals surface area contributed by atoms with E-state index in [0.717, 1.165) is 38.9 Å². The molecule has 0 aromatic heterocycles. The van der Waals surface area contributed by atoms with Crippen LogP contribution in [0.4, 0.5) is 0 Å². The maximum absolute atomic E-state index is 11.9. The summed E-state index contributed by atoms with van der Waals surface area (Å²) in [6.07, 6.45) is 3.81. The Bertz CT molecular complexity index is 304. The maximum Gasteiger partial charge on any atom is 0.303 e. The van der Waals surface area contributed by atoms with Gasteiger partial charge in [-0.3, -0.25) is 14.5 Å². The topological polar surface area (TPSA) is 81.7 Å². The van der Waals surface area contributed by atoms with Crippen LogP contribution in [0.15, 0.2) is 0 Å². The van der Waals surface area contributed by atoms with Crippen LogP contribution >= 0.6 is 0 Å². The Balaban J connectivity index is 2.28. The summed E-state index contributed by atoms with van der Waals surface area (Å²) in [6.45, 7) is 5.96. The van der Waals surface area contributed by atoms with E-state index in [1.807, 2.05) is 0 Å². The molecule has 0 radical (unpaired) electrons. The van der Waals surface area contributed by atoms with Crippen molar-refractivity contribution < 1.29 is 14.7 Å². The number of carbonyl (C=O) groups excluding carboxylic acids is 1. The fourth-order valence-corrected chi connectivity index (χ4v) is 2.56. The van der Waals surface area contributed by atoms with Crippen molar-refractivity contribution >= 4 is 11.9 Å². The highest BCUT2D eigenvalue weighted by Gasteiger charge is 2.21. The largest absolute Gasteiger partial charge is 0.481 e. The fourth-order valence-electron chi connectivity index (χ4n) is 2.56. The van der Waals surface area contributed by atoms with E-state index in [9.17, 15) is 9.59 Å². The monoisotopic (exact) mass is 285 g/mol. The van der Waals surface area contributed by atoms with Crippen LogP contribution in [0.5, 0.6) is 0 Å². The molecule has 1 saturated heterocycles. The van der Waals surface area contributed by atoms with Crippen LogP contribution in [0.25, 0.3) is 0 Å². The minimum atomic E-state index is -0.818. The average molecular weight is 285 g/mol. The Morgan fingerprint density at radius 3 is 2.65 bits per heavy atom. The van der Waals surface area contributed by atoms with Gasteiger partial charge in [-0.1, -0.05) is 6.92 Å². The second kappa shape index (κ2) is 9.72. The first kappa shape index (κ1) is 16.9. The Kier molecular flexibility index (Phi) is 8.22. The molecule has 3 N–H and O–H groups in total. The van der Waals surface area contributed by atoms with Crippen LogP contribution in [0.1, 0.15) is 39.0 Å². The summed E-state index contributed by atoms with van der Waals surface area (Å²) >= 11 is 0. The number of nitrogens with zero attached hydrogens (tertiary/aromatic N) is 1. The van der Waals surface area contributed by atoms with Crippen molar-refractivity contribution in [2.24, 2.45) is 0 Å². The lowest BCUT2D eigenvalue weighted by molar-refractivity contribution is -0.137. The van der Waals surface area contributed by atoms with Crippen LogP contribution in [-0.2, 0) is 9.59 Å². The van der Waals surface area contributed by atoms with Gasteiger partial charge in [0.25, 0.3) is 0 Å². The van der Waals surface area contributed by atoms with E-state index in [4.69, 9.17) is 5.11 Å². The third-order valence-corrected chi connectivity index (χ3v) is 3.57. The van der Waals surface area contributed by atoms with E-state index < -0.39 is 5.97 Å². The molecule has 0 atom stereocenters. The molecule has 0 unspecified atom stereocenters. The highest BCUT2D eigenvalue weighted by atomic mass is 16.4. The van der Waals surface area contributed by atoms with Gasteiger partial charge in [0.2, 0.25) is 5.91 Å². The number of aliphatic carboxylic acids is 1. The number of rotatable bonds is 9. The highest BCUT2D eigenvalue weighted by molar-refractivity contribution is 5.78. The lowest BCUT2D eigenvalue weighted by atomic mass is 10.0. The molecule has 1 rings (SSSR count). The first-order valence-corrected chi connectivity index (χ1v) is 7.56. The molecule has 0 aromatic carbocycles. The molecule has 6 nitrogen and oxygen atoms in total. The van der Waals surface area contributed by atoms with Crippen LogP contribution in [0.3, 0.4) is 0 Å². The predicted octanol–water partition coefficient (Wildman–Crippen LogP) is 0.431. The third-order valence-electron chi connectivity index (χ3n) is 3.57. The quantitative estimate of drug-likeness (QED) is 0.535. The first-order valence-electron chi connectivity index (χ1n) is 7.56. The molecular weight excluding hydrogens is 258 g/mol. The van der Waals surface area contributed by atoms with E-state index in [2.05, 4.69) is 22.5 Å². The number of piperidine rings is 1. The van der Waals surface area contributed by atoms with Crippen molar-refractivity contribution in [1.29, 1.82) is 0 Å². The standard InChI is InChI=1S/C14H27N3O3/c1-2-10-17(12-5-8-15-9-6-12)11-13(18)16-7-3-4-14(19)20/h12,15H,2-11H2,1H3,(H,16,18)(H,19,20). The van der Waals surface area contributed by atoms with Gasteiger partial charge in [0.1, 0.15) is 0 Å². The average Bonchev–Trinajstić information content (AvgIpc) is 2.44. The van der Waals surface area contributed by atoms with Crippen molar-refractivity contribution in [3.05, 3.63) is 0 Å². The lowest BCUT2D eigenvalue weighted by Crippen LogP contribution is -2.47. The summed E-state index contributed by atoms with van der Waals surface area (Å²) in [7, 11) is 0. The summed E-state index contributed by atoms with van der Waals surface area (Å²) in [4.78, 5) is 24.5. The SMILES string of the molecule is CCCN(CC(=O)NCCCC(=O)O)C1CCNCC1. The molecule has 1 fully saturated rings. The maximum atomic E-state index is 11.9. The number of amides is 1. The lowest BCUT2D eigenvalue weighted by Gasteiger charge is -2.34. The Morgan fingerprint density at radius 1 is 1.35 bits per heavy atom. The van der Waals surface area contributed by atoms with E-state index in [1.54, 1.807) is 0 Å². The molecule has 0 aromatic rings. The normalized spacial score (nSPS) is 16.3. The summed E-state index contributed by atoms with van der Waals surface area (Å²) < 4.78 is 0. The van der Waals surface area contributed by atoms with E-state index >= 15 is 0 Å². The van der Waals surface area contributed by atoms with Crippen LogP contribution < -0.4 is 10.6 Å². The number of carboxylic acids is 1. The molecule has 20 heavy (non-hydrogen) atoms. The third kappa shape index (κ3) is 6.86. The number of nitrogens with one attached hydrogen (secondary N) is 2. The fraction of sp³-hybridized carbons (Fsp3) is 0.857. The highest BCUT2D eigenvalue weighted by Crippen LogP contribution is 2.11. The molecule has 0 aliphatic carbocycles. The number of carbonyl (C=O) groups is 2. The second-order valence-corrected chi connectivity index (χ2v) is 5.30. The first-order chi connectivity index (χ1) is 9.63. The molecule has 1 heterocycles. The van der Waals surface area contributed by atoms with Crippen molar-refractivity contribution in [2.75, 3.05) is 32.7 Å². The summed E-state index contributed by atoms with van der Waals surface area (Å²) in [6, 6.07) is 0.487. The zero-order valence-corrected chi connectivity index (χ0v) is 12.4. The van der Waals surface area contributed by atoms with Crippen molar-refractivity contribution in [3.63, 3.8) is 0 Å². The smallest absolute Gasteiger partial charge is 0.303 e. The predicted molar refractivity (Wildman–Crippen MR) is 77.6 cm³/mol. The van der Waals surface area contributed by atoms with Gasteiger partial charge < -0.3 is 15.7 Å². The van der Waals surface area contributed by atoms with Gasteiger partial charge in [-0.2, -0.15) is 0 Å². The van der Waals surface area contributed by atoms with Gasteiger partial charge in [0.05, 0.1) is 6.54 Å². The molecule has 1 aliphatic heterocycles. The van der Waals surface area contributed by atoms with Gasteiger partial charge in [-0.05, 0) is 45.3 Å². The molecule has 1 aliphatic rings. The van der Waals surface area contributed by atoms with Gasteiger partial charge in [-0.15, -0.1) is 0 Å². The van der Waals surface area contributed by atoms with Gasteiger partial charge in [-0.25, -0.2) is 0 Å². The summed E-state index contributed by atoms with van der Waals surface area (Å²) in [5.41, 5.74) is 0. The van der Waals surface area contributed by atoms with Crippen molar-refractivity contribution in [1.82, 2.24) is 15.5 Å². The van der Waals surface area contributed by atoms with Crippen LogP contribution in [0.2, 0.25) is 0 Å². The Hall–Kier alpha value is -1.14. The number of hydrogen-bond acceptors (Lipinski definition) is 4. The molecule has 116 valence electrons. The summed E-state index contributed by atoms with van der Waals surface area (Å²) in [5, 5.41) is 14.7. The number of hydrogen-bond donors (Lipinski definition) is 3. The zero-order chi connectivity index (χ0) is 14.8. The van der Waals surface area contributed by atoms with Gasteiger partial charge in [0.15, 0.2) is 0 Å². The number of carboxylic acid groups (broad SMARTS) is 1.